The van der Waals surface area contributed by atoms with Crippen molar-refractivity contribution >= 4 is 34.6 Å². The van der Waals surface area contributed by atoms with Gasteiger partial charge in [-0.2, -0.15) is 0 Å². The third-order valence-corrected chi connectivity index (χ3v) is 3.63. The van der Waals surface area contributed by atoms with Crippen molar-refractivity contribution in [1.29, 1.82) is 0 Å². The number of aryl methyl sites for hydroxylation is 1. The first-order valence-corrected chi connectivity index (χ1v) is 7.16. The second kappa shape index (κ2) is 6.78. The maximum Gasteiger partial charge on any atom is 0.272 e. The van der Waals surface area contributed by atoms with Gasteiger partial charge in [0.1, 0.15) is 0 Å². The molecule has 0 fully saturated rings. The summed E-state index contributed by atoms with van der Waals surface area (Å²) in [6.07, 6.45) is 0.811. The van der Waals surface area contributed by atoms with Crippen LogP contribution in [0.4, 0.5) is 11.4 Å². The number of nitro groups is 1. The molecule has 0 aliphatic rings. The molecule has 0 aliphatic carbocycles. The number of rotatable bonds is 5. The quantitative estimate of drug-likeness (QED) is 0.630. The van der Waals surface area contributed by atoms with Crippen LogP contribution < -0.4 is 5.32 Å². The Kier molecular flexibility index (Phi) is 5.04. The van der Waals surface area contributed by atoms with Crippen molar-refractivity contribution in [1.82, 2.24) is 0 Å². The summed E-state index contributed by atoms with van der Waals surface area (Å²) in [6, 6.07) is 10.8. The SMILES string of the molecule is Cc1cccc(CCNc2c(Cl)cc([N+](=O)[O-])cc2Cl)c1. The van der Waals surface area contributed by atoms with Crippen molar-refractivity contribution in [3.8, 4) is 0 Å². The lowest BCUT2D eigenvalue weighted by Crippen LogP contribution is -2.06. The number of non-ortho nitro benzene ring substituents is 1. The van der Waals surface area contributed by atoms with Crippen molar-refractivity contribution in [3.63, 3.8) is 0 Å². The number of hydrogen-bond acceptors (Lipinski definition) is 3. The van der Waals surface area contributed by atoms with Gasteiger partial charge in [-0.05, 0) is 18.9 Å². The molecule has 4 nitrogen and oxygen atoms in total. The van der Waals surface area contributed by atoms with Gasteiger partial charge >= 0.3 is 0 Å². The first kappa shape index (κ1) is 15.6. The summed E-state index contributed by atoms with van der Waals surface area (Å²) in [6.45, 7) is 2.68. The molecule has 0 unspecified atom stereocenters. The van der Waals surface area contributed by atoms with E-state index in [1.165, 1.54) is 23.3 Å². The molecule has 0 heterocycles. The van der Waals surface area contributed by atoms with Crippen molar-refractivity contribution < 1.29 is 4.92 Å². The van der Waals surface area contributed by atoms with Crippen molar-refractivity contribution in [2.75, 3.05) is 11.9 Å². The summed E-state index contributed by atoms with van der Waals surface area (Å²) < 4.78 is 0. The van der Waals surface area contributed by atoms with E-state index in [0.717, 1.165) is 6.42 Å². The van der Waals surface area contributed by atoms with Crippen LogP contribution in [0.3, 0.4) is 0 Å². The van der Waals surface area contributed by atoms with E-state index in [-0.39, 0.29) is 15.7 Å². The topological polar surface area (TPSA) is 55.2 Å². The molecule has 0 saturated carbocycles. The van der Waals surface area contributed by atoms with Crippen LogP contribution in [0.1, 0.15) is 11.1 Å². The van der Waals surface area contributed by atoms with Gasteiger partial charge in [0.05, 0.1) is 20.7 Å². The van der Waals surface area contributed by atoms with Crippen LogP contribution in [-0.4, -0.2) is 11.5 Å². The van der Waals surface area contributed by atoms with Crippen molar-refractivity contribution in [3.05, 3.63) is 67.7 Å². The van der Waals surface area contributed by atoms with Gasteiger partial charge in [-0.1, -0.05) is 53.0 Å². The molecular weight excluding hydrogens is 311 g/mol. The second-order valence-electron chi connectivity index (χ2n) is 4.71. The average molecular weight is 325 g/mol. The van der Waals surface area contributed by atoms with Crippen LogP contribution >= 0.6 is 23.2 Å². The Morgan fingerprint density at radius 1 is 1.19 bits per heavy atom. The number of nitro benzene ring substituents is 1. The summed E-state index contributed by atoms with van der Waals surface area (Å²) in [5.74, 6) is 0. The first-order chi connectivity index (χ1) is 9.97. The molecular formula is C15H14Cl2N2O2. The Balaban J connectivity index is 2.05. The fourth-order valence-electron chi connectivity index (χ4n) is 2.03. The Bertz CT molecular complexity index is 651. The minimum absolute atomic E-state index is 0.116. The van der Waals surface area contributed by atoms with Gasteiger partial charge in [-0.15, -0.1) is 0 Å². The van der Waals surface area contributed by atoms with Crippen molar-refractivity contribution in [2.45, 2.75) is 13.3 Å². The highest BCUT2D eigenvalue weighted by Crippen LogP contribution is 2.34. The van der Waals surface area contributed by atoms with E-state index in [4.69, 9.17) is 23.2 Å². The Morgan fingerprint density at radius 2 is 1.86 bits per heavy atom. The molecule has 0 amide bonds. The summed E-state index contributed by atoms with van der Waals surface area (Å²) >= 11 is 12.1. The molecule has 1 N–H and O–H groups in total. The third kappa shape index (κ3) is 4.09. The molecule has 21 heavy (non-hydrogen) atoms. The summed E-state index contributed by atoms with van der Waals surface area (Å²) in [5.41, 5.74) is 2.82. The van der Waals surface area contributed by atoms with Crippen LogP contribution in [0, 0.1) is 17.0 Å². The maximum atomic E-state index is 10.7. The molecule has 110 valence electrons. The molecule has 0 bridgehead atoms. The lowest BCUT2D eigenvalue weighted by atomic mass is 10.1. The van der Waals surface area contributed by atoms with E-state index in [0.29, 0.717) is 12.2 Å². The van der Waals surface area contributed by atoms with Gasteiger partial charge < -0.3 is 5.32 Å². The van der Waals surface area contributed by atoms with E-state index in [2.05, 4.69) is 11.4 Å². The van der Waals surface area contributed by atoms with E-state index in [1.54, 1.807) is 0 Å². The predicted molar refractivity (Wildman–Crippen MR) is 86.5 cm³/mol. The van der Waals surface area contributed by atoms with Gasteiger partial charge in [-0.3, -0.25) is 10.1 Å². The maximum absolute atomic E-state index is 10.7. The molecule has 2 aromatic rings. The lowest BCUT2D eigenvalue weighted by molar-refractivity contribution is -0.384. The lowest BCUT2D eigenvalue weighted by Gasteiger charge is -2.10. The Labute approximate surface area is 132 Å². The van der Waals surface area contributed by atoms with E-state index in [9.17, 15) is 10.1 Å². The van der Waals surface area contributed by atoms with Gasteiger partial charge in [0.2, 0.25) is 0 Å². The van der Waals surface area contributed by atoms with Gasteiger partial charge in [-0.25, -0.2) is 0 Å². The number of halogens is 2. The summed E-state index contributed by atoms with van der Waals surface area (Å²) in [5, 5.41) is 14.3. The normalized spacial score (nSPS) is 10.4. The first-order valence-electron chi connectivity index (χ1n) is 6.40. The van der Waals surface area contributed by atoms with E-state index < -0.39 is 4.92 Å². The monoisotopic (exact) mass is 324 g/mol. The van der Waals surface area contributed by atoms with E-state index in [1.807, 2.05) is 25.1 Å². The standard InChI is InChI=1S/C15H14Cl2N2O2/c1-10-3-2-4-11(7-10)5-6-18-15-13(16)8-12(19(20)21)9-14(15)17/h2-4,7-9,18H,5-6H2,1H3. The van der Waals surface area contributed by atoms with Crippen LogP contribution in [0.2, 0.25) is 10.0 Å². The van der Waals surface area contributed by atoms with Gasteiger partial charge in [0.15, 0.2) is 0 Å². The highest BCUT2D eigenvalue weighted by atomic mass is 35.5. The van der Waals surface area contributed by atoms with Crippen LogP contribution in [0.15, 0.2) is 36.4 Å². The molecule has 0 spiro atoms. The number of benzene rings is 2. The van der Waals surface area contributed by atoms with E-state index >= 15 is 0 Å². The molecule has 2 aromatic carbocycles. The molecule has 0 radical (unpaired) electrons. The molecule has 0 atom stereocenters. The van der Waals surface area contributed by atoms with Crippen molar-refractivity contribution in [2.24, 2.45) is 0 Å². The minimum atomic E-state index is -0.520. The zero-order valence-electron chi connectivity index (χ0n) is 11.4. The Hall–Kier alpha value is -1.78. The fourth-order valence-corrected chi connectivity index (χ4v) is 2.64. The zero-order chi connectivity index (χ0) is 15.4. The van der Waals surface area contributed by atoms with Gasteiger partial charge in [0.25, 0.3) is 5.69 Å². The highest BCUT2D eigenvalue weighted by Gasteiger charge is 2.14. The zero-order valence-corrected chi connectivity index (χ0v) is 12.9. The number of nitrogens with zero attached hydrogens (tertiary/aromatic N) is 1. The Morgan fingerprint density at radius 3 is 2.43 bits per heavy atom. The highest BCUT2D eigenvalue weighted by molar-refractivity contribution is 6.39. The molecule has 6 heteroatoms. The van der Waals surface area contributed by atoms with Crippen LogP contribution in [-0.2, 0) is 6.42 Å². The fraction of sp³-hybridized carbons (Fsp3) is 0.200. The third-order valence-electron chi connectivity index (χ3n) is 3.04. The van der Waals surface area contributed by atoms with Gasteiger partial charge in [0, 0.05) is 18.7 Å². The largest absolute Gasteiger partial charge is 0.382 e. The van der Waals surface area contributed by atoms with Crippen LogP contribution in [0.25, 0.3) is 0 Å². The summed E-state index contributed by atoms with van der Waals surface area (Å²) in [7, 11) is 0. The second-order valence-corrected chi connectivity index (χ2v) is 5.52. The molecule has 0 aliphatic heterocycles. The average Bonchev–Trinajstić information content (AvgIpc) is 2.41. The molecule has 2 rings (SSSR count). The molecule has 0 saturated heterocycles. The predicted octanol–water partition coefficient (Wildman–Crippen LogP) is 4.86. The summed E-state index contributed by atoms with van der Waals surface area (Å²) in [4.78, 5) is 10.2. The van der Waals surface area contributed by atoms with Crippen LogP contribution in [0.5, 0.6) is 0 Å². The minimum Gasteiger partial charge on any atom is -0.382 e. The molecule has 0 aromatic heterocycles. The smallest absolute Gasteiger partial charge is 0.272 e. The number of hydrogen-bond donors (Lipinski definition) is 1. The number of anilines is 1. The number of nitrogens with one attached hydrogen (secondary N) is 1.